The van der Waals surface area contributed by atoms with Crippen LogP contribution in [0.5, 0.6) is 0 Å². The van der Waals surface area contributed by atoms with E-state index >= 15 is 0 Å². The van der Waals surface area contributed by atoms with Gasteiger partial charge >= 0.3 is 0 Å². The van der Waals surface area contributed by atoms with Gasteiger partial charge in [-0.05, 0) is 61.8 Å². The normalized spacial score (nSPS) is 12.3. The molecule has 2 nitrogen and oxygen atoms in total. The van der Waals surface area contributed by atoms with E-state index in [2.05, 4.69) is 99.1 Å². The number of unbranched alkanes of at least 4 members (excludes halogenated alkanes) is 37. The van der Waals surface area contributed by atoms with E-state index in [9.17, 15) is 5.53 Å². The van der Waals surface area contributed by atoms with Gasteiger partial charge in [-0.3, -0.25) is 0 Å². The second kappa shape index (κ2) is 44.3. The van der Waals surface area contributed by atoms with Gasteiger partial charge < -0.3 is 5.53 Å². The minimum absolute atomic E-state index is 0.849. The van der Waals surface area contributed by atoms with Crippen molar-refractivity contribution in [1.82, 2.24) is 0 Å². The van der Waals surface area contributed by atoms with Crippen LogP contribution in [0.25, 0.3) is 16.9 Å². The zero-order valence-corrected chi connectivity index (χ0v) is 46.4. The summed E-state index contributed by atoms with van der Waals surface area (Å²) < 4.78 is 1.51. The van der Waals surface area contributed by atoms with Crippen LogP contribution in [-0.2, 0) is 12.8 Å². The summed E-state index contributed by atoms with van der Waals surface area (Å²) in [4.78, 5) is 0. The smallest absolute Gasteiger partial charge is 0.211 e. The largest absolute Gasteiger partial charge is 0.493 e. The van der Waals surface area contributed by atoms with Gasteiger partial charge in [0.25, 0.3) is 0 Å². The van der Waals surface area contributed by atoms with Gasteiger partial charge in [-0.2, -0.15) is 0 Å². The molecule has 0 amide bonds. The van der Waals surface area contributed by atoms with Crippen LogP contribution < -0.4 is 0 Å². The molecule has 2 aromatic carbocycles. The monoisotopic (exact) mass is 953 g/mol. The molecule has 0 aliphatic carbocycles. The van der Waals surface area contributed by atoms with Crippen LogP contribution >= 0.6 is 0 Å². The number of rotatable bonds is 45. The molecule has 70 heavy (non-hydrogen) atoms. The zero-order valence-electron chi connectivity index (χ0n) is 46.4. The average molecular weight is 954 g/mol. The second-order valence-corrected chi connectivity index (χ2v) is 21.4. The molecule has 0 spiro atoms. The Kier molecular flexibility index (Phi) is 38.6. The molecule has 2 heteroatoms. The lowest BCUT2D eigenvalue weighted by atomic mass is 9.96. The summed E-state index contributed by atoms with van der Waals surface area (Å²) in [7, 11) is 0. The summed E-state index contributed by atoms with van der Waals surface area (Å²) in [5.74, 6) is 14.0. The highest BCUT2D eigenvalue weighted by molar-refractivity contribution is 5.80. The lowest BCUT2D eigenvalue weighted by molar-refractivity contribution is -0.344. The fourth-order valence-corrected chi connectivity index (χ4v) is 10.5. The van der Waals surface area contributed by atoms with Crippen LogP contribution in [0, 0.1) is 23.7 Å². The van der Waals surface area contributed by atoms with Gasteiger partial charge in [-0.25, -0.2) is 4.70 Å². The second-order valence-electron chi connectivity index (χ2n) is 21.4. The van der Waals surface area contributed by atoms with E-state index in [4.69, 9.17) is 0 Å². The summed E-state index contributed by atoms with van der Waals surface area (Å²) in [5, 5.41) is 0. The summed E-state index contributed by atoms with van der Waals surface area (Å²) in [6.07, 6.45) is 61.3. The molecule has 1 aliphatic heterocycles. The lowest BCUT2D eigenvalue weighted by Gasteiger charge is -2.14. The van der Waals surface area contributed by atoms with Crippen LogP contribution in [0.4, 0.5) is 0 Å². The predicted molar refractivity (Wildman–Crippen MR) is 310 cm³/mol. The first kappa shape index (κ1) is 60.9. The molecule has 2 aromatic rings. The van der Waals surface area contributed by atoms with Crippen LogP contribution in [0.15, 0.2) is 60.2 Å². The molecule has 0 fully saturated rings. The Morgan fingerprint density at radius 3 is 1.01 bits per heavy atom. The highest BCUT2D eigenvalue weighted by Gasteiger charge is 2.31. The van der Waals surface area contributed by atoms with Crippen LogP contribution in [0.3, 0.4) is 0 Å². The molecule has 0 N–H and O–H groups in total. The Labute approximate surface area is 435 Å². The molecule has 0 saturated carbocycles. The Bertz CT molecular complexity index is 1790. The van der Waals surface area contributed by atoms with Gasteiger partial charge in [-0.15, -0.1) is 23.7 Å². The summed E-state index contributed by atoms with van der Waals surface area (Å²) in [6.45, 7) is 6.88. The molecule has 390 valence electrons. The standard InChI is InChI=1S/C68H108N2/c1-4-7-10-13-15-17-19-21-23-25-27-29-31-33-35-37-39-41-43-45-48-54-62-56-50-52-59-65(62)67-61-64(58-47-12-9-6-3)68(70(67)69)66-60-53-51-57-63(66)55-49-46-44-42-40-38-36-34-32-30-28-26-24-22-20-18-16-14-11-8-5-2/h50-53,56-57,59-61H,4-42,47-49,54-55,58H2,1-3H3. The van der Waals surface area contributed by atoms with E-state index < -0.39 is 0 Å². The fourth-order valence-electron chi connectivity index (χ4n) is 10.5. The Hall–Kier alpha value is -3.36. The molecule has 3 rings (SSSR count). The van der Waals surface area contributed by atoms with Crippen molar-refractivity contribution < 1.29 is 4.70 Å². The highest BCUT2D eigenvalue weighted by atomic mass is 15.2. The minimum atomic E-state index is 0.849. The van der Waals surface area contributed by atoms with Crippen LogP contribution in [0.1, 0.15) is 319 Å². The number of hydrogen-bond donors (Lipinski definition) is 0. The van der Waals surface area contributed by atoms with Crippen molar-refractivity contribution in [2.45, 2.75) is 310 Å². The average Bonchev–Trinajstić information content (AvgIpc) is 3.70. The SMILES string of the molecule is CCCCCCCCCCCCCCCCCCCC#CCCc1ccccc1C1=CC(CCCCCC)=C(c2ccccc2CCC#CCCCCCCCCCCCCCCCCCCC)[N+]1=[N-]. The first-order valence-corrected chi connectivity index (χ1v) is 30.7. The van der Waals surface area contributed by atoms with Gasteiger partial charge in [0.2, 0.25) is 11.4 Å². The van der Waals surface area contributed by atoms with Crippen molar-refractivity contribution >= 4 is 11.4 Å². The van der Waals surface area contributed by atoms with E-state index in [1.807, 2.05) is 0 Å². The van der Waals surface area contributed by atoms with E-state index in [1.54, 1.807) is 0 Å². The zero-order chi connectivity index (χ0) is 49.6. The van der Waals surface area contributed by atoms with Gasteiger partial charge in [0.1, 0.15) is 0 Å². The fraction of sp³-hybridized carbons (Fsp3) is 0.706. The molecule has 0 aromatic heterocycles. The third kappa shape index (κ3) is 29.2. The number of aryl methyl sites for hydroxylation is 2. The van der Waals surface area contributed by atoms with E-state index in [0.29, 0.717) is 0 Å². The van der Waals surface area contributed by atoms with Gasteiger partial charge in [0, 0.05) is 48.5 Å². The van der Waals surface area contributed by atoms with Crippen molar-refractivity contribution in [3.8, 4) is 23.7 Å². The van der Waals surface area contributed by atoms with Crippen molar-refractivity contribution in [2.75, 3.05) is 0 Å². The topological polar surface area (TPSA) is 25.3 Å². The molecule has 0 atom stereocenters. The summed E-state index contributed by atoms with van der Waals surface area (Å²) in [5.41, 5.74) is 20.0. The molecular formula is C68H108N2. The molecule has 0 radical (unpaired) electrons. The Morgan fingerprint density at radius 2 is 0.629 bits per heavy atom. The molecule has 1 heterocycles. The van der Waals surface area contributed by atoms with Gasteiger partial charge in [0.15, 0.2) is 0 Å². The number of nitrogens with zero attached hydrogens (tertiary/aromatic N) is 2. The van der Waals surface area contributed by atoms with Crippen molar-refractivity contribution in [1.29, 1.82) is 0 Å². The Morgan fingerprint density at radius 1 is 0.329 bits per heavy atom. The van der Waals surface area contributed by atoms with Crippen molar-refractivity contribution in [3.05, 3.63) is 88.0 Å². The first-order chi connectivity index (χ1) is 34.7. The van der Waals surface area contributed by atoms with Crippen molar-refractivity contribution in [2.24, 2.45) is 0 Å². The quantitative estimate of drug-likeness (QED) is 0.0359. The van der Waals surface area contributed by atoms with Crippen molar-refractivity contribution in [3.63, 3.8) is 0 Å². The maximum absolute atomic E-state index is 12.1. The molecule has 0 unspecified atom stereocenters. The van der Waals surface area contributed by atoms with Crippen LogP contribution in [-0.4, -0.2) is 4.70 Å². The first-order valence-electron chi connectivity index (χ1n) is 30.7. The van der Waals surface area contributed by atoms with E-state index in [1.165, 1.54) is 259 Å². The predicted octanol–water partition coefficient (Wildman–Crippen LogP) is 22.4. The molecule has 0 saturated heterocycles. The molecule has 0 bridgehead atoms. The van der Waals surface area contributed by atoms with Gasteiger partial charge in [-0.1, -0.05) is 282 Å². The maximum atomic E-state index is 12.1. The number of hydrogen-bond acceptors (Lipinski definition) is 0. The third-order valence-corrected chi connectivity index (χ3v) is 15.0. The number of benzene rings is 2. The third-order valence-electron chi connectivity index (χ3n) is 15.0. The van der Waals surface area contributed by atoms with Crippen LogP contribution in [0.2, 0.25) is 0 Å². The summed E-state index contributed by atoms with van der Waals surface area (Å²) >= 11 is 0. The molecule has 1 aliphatic rings. The molecular weight excluding hydrogens is 845 g/mol. The summed E-state index contributed by atoms with van der Waals surface area (Å²) in [6, 6.07) is 17.4. The number of allylic oxidation sites excluding steroid dienone is 2. The maximum Gasteiger partial charge on any atom is 0.211 e. The Balaban J connectivity index is 1.36. The highest BCUT2D eigenvalue weighted by Crippen LogP contribution is 2.40. The minimum Gasteiger partial charge on any atom is -0.493 e. The van der Waals surface area contributed by atoms with E-state index in [0.717, 1.165) is 73.9 Å². The van der Waals surface area contributed by atoms with E-state index in [-0.39, 0.29) is 0 Å². The lowest BCUT2D eigenvalue weighted by Crippen LogP contribution is -2.06. The van der Waals surface area contributed by atoms with Gasteiger partial charge in [0.05, 0.1) is 0 Å².